The number of aryl methyl sites for hydroxylation is 1. The Morgan fingerprint density at radius 1 is 1.26 bits per heavy atom. The van der Waals surface area contributed by atoms with Crippen LogP contribution in [0.2, 0.25) is 0 Å². The molecule has 0 spiro atoms. The quantitative estimate of drug-likeness (QED) is 0.826. The number of benzene rings is 1. The minimum Gasteiger partial charge on any atom is -0.449 e. The van der Waals surface area contributed by atoms with E-state index >= 15 is 0 Å². The lowest BCUT2D eigenvalue weighted by atomic mass is 10.2. The highest BCUT2D eigenvalue weighted by Gasteiger charge is 2.07. The third-order valence-electron chi connectivity index (χ3n) is 3.21. The zero-order valence-electron chi connectivity index (χ0n) is 13.5. The van der Waals surface area contributed by atoms with Crippen LogP contribution in [0.4, 0.5) is 4.79 Å². The second-order valence-electron chi connectivity index (χ2n) is 5.20. The van der Waals surface area contributed by atoms with Gasteiger partial charge in [-0.25, -0.2) is 9.78 Å². The molecular weight excluding hydrogens is 308 g/mol. The molecule has 2 rings (SSSR count). The topological polar surface area (TPSA) is 51.2 Å². The molecule has 0 saturated heterocycles. The first-order valence-corrected chi connectivity index (χ1v) is 8.59. The molecule has 1 aromatic heterocycles. The largest absolute Gasteiger partial charge is 0.449 e. The van der Waals surface area contributed by atoms with E-state index in [2.05, 4.69) is 41.5 Å². The molecule has 1 aromatic carbocycles. The van der Waals surface area contributed by atoms with Gasteiger partial charge in [-0.2, -0.15) is 0 Å². The van der Waals surface area contributed by atoms with E-state index in [1.54, 1.807) is 18.0 Å². The predicted molar refractivity (Wildman–Crippen MR) is 92.9 cm³/mol. The minimum atomic E-state index is -0.358. The Balaban J connectivity index is 1.92. The Hall–Kier alpha value is -2.01. The zero-order valence-corrected chi connectivity index (χ0v) is 14.4. The molecule has 0 aliphatic rings. The first-order valence-electron chi connectivity index (χ1n) is 7.78. The SMILES string of the molecule is CCCNC(=O)OCCc1cccnc1Sc1ccc(C)cc1. The van der Waals surface area contributed by atoms with Crippen molar-refractivity contribution >= 4 is 17.9 Å². The molecule has 122 valence electrons. The Morgan fingerprint density at radius 2 is 2.04 bits per heavy atom. The van der Waals surface area contributed by atoms with Crippen LogP contribution in [-0.2, 0) is 11.2 Å². The smallest absolute Gasteiger partial charge is 0.407 e. The summed E-state index contributed by atoms with van der Waals surface area (Å²) in [4.78, 5) is 17.0. The number of rotatable bonds is 7. The van der Waals surface area contributed by atoms with Crippen molar-refractivity contribution in [1.82, 2.24) is 10.3 Å². The highest BCUT2D eigenvalue weighted by Crippen LogP contribution is 2.28. The monoisotopic (exact) mass is 330 g/mol. The molecule has 2 aromatic rings. The molecular formula is C18H22N2O2S. The van der Waals surface area contributed by atoms with E-state index in [1.807, 2.05) is 19.1 Å². The van der Waals surface area contributed by atoms with Gasteiger partial charge in [0.05, 0.1) is 6.61 Å². The first-order chi connectivity index (χ1) is 11.2. The normalized spacial score (nSPS) is 10.3. The fraction of sp³-hybridized carbons (Fsp3) is 0.333. The average molecular weight is 330 g/mol. The highest BCUT2D eigenvalue weighted by molar-refractivity contribution is 7.99. The number of carbonyl (C=O) groups excluding carboxylic acids is 1. The summed E-state index contributed by atoms with van der Waals surface area (Å²) >= 11 is 1.63. The second-order valence-corrected chi connectivity index (χ2v) is 6.26. The number of aromatic nitrogens is 1. The maximum absolute atomic E-state index is 11.4. The number of nitrogens with zero attached hydrogens (tertiary/aromatic N) is 1. The van der Waals surface area contributed by atoms with Crippen molar-refractivity contribution in [3.8, 4) is 0 Å². The molecule has 4 nitrogen and oxygen atoms in total. The molecule has 0 aliphatic heterocycles. The molecule has 0 radical (unpaired) electrons. The molecule has 23 heavy (non-hydrogen) atoms. The van der Waals surface area contributed by atoms with Crippen molar-refractivity contribution in [1.29, 1.82) is 0 Å². The number of carbonyl (C=O) groups is 1. The number of hydrogen-bond donors (Lipinski definition) is 1. The van der Waals surface area contributed by atoms with Crippen LogP contribution in [-0.4, -0.2) is 24.2 Å². The van der Waals surface area contributed by atoms with E-state index < -0.39 is 0 Å². The number of alkyl carbamates (subject to hydrolysis) is 1. The van der Waals surface area contributed by atoms with Crippen molar-refractivity contribution in [3.05, 3.63) is 53.7 Å². The van der Waals surface area contributed by atoms with E-state index in [0.717, 1.165) is 21.9 Å². The summed E-state index contributed by atoms with van der Waals surface area (Å²) in [5.74, 6) is 0. The molecule has 0 bridgehead atoms. The molecule has 0 fully saturated rings. The maximum Gasteiger partial charge on any atom is 0.407 e. The number of ether oxygens (including phenoxy) is 1. The van der Waals surface area contributed by atoms with E-state index in [9.17, 15) is 4.79 Å². The van der Waals surface area contributed by atoms with Gasteiger partial charge in [0.15, 0.2) is 0 Å². The van der Waals surface area contributed by atoms with Gasteiger partial charge in [0.2, 0.25) is 0 Å². The van der Waals surface area contributed by atoms with Crippen LogP contribution in [0, 0.1) is 6.92 Å². The lowest BCUT2D eigenvalue weighted by molar-refractivity contribution is 0.147. The van der Waals surface area contributed by atoms with Gasteiger partial charge >= 0.3 is 6.09 Å². The van der Waals surface area contributed by atoms with Crippen molar-refractivity contribution in [2.24, 2.45) is 0 Å². The van der Waals surface area contributed by atoms with Crippen LogP contribution < -0.4 is 5.32 Å². The van der Waals surface area contributed by atoms with Gasteiger partial charge in [0, 0.05) is 24.1 Å². The fourth-order valence-electron chi connectivity index (χ4n) is 1.96. The van der Waals surface area contributed by atoms with Gasteiger partial charge in [-0.05, 0) is 37.1 Å². The van der Waals surface area contributed by atoms with Crippen LogP contribution in [0.1, 0.15) is 24.5 Å². The van der Waals surface area contributed by atoms with Crippen molar-refractivity contribution < 1.29 is 9.53 Å². The van der Waals surface area contributed by atoms with Gasteiger partial charge < -0.3 is 10.1 Å². The molecule has 0 unspecified atom stereocenters. The third-order valence-corrected chi connectivity index (χ3v) is 4.28. The van der Waals surface area contributed by atoms with Crippen molar-refractivity contribution in [2.45, 2.75) is 36.6 Å². The van der Waals surface area contributed by atoms with Gasteiger partial charge in [-0.3, -0.25) is 0 Å². The summed E-state index contributed by atoms with van der Waals surface area (Å²) in [5, 5.41) is 3.65. The minimum absolute atomic E-state index is 0.350. The Labute approximate surface area is 141 Å². The van der Waals surface area contributed by atoms with Crippen molar-refractivity contribution in [3.63, 3.8) is 0 Å². The molecule has 1 amide bonds. The maximum atomic E-state index is 11.4. The van der Waals surface area contributed by atoms with Gasteiger partial charge in [0.1, 0.15) is 5.03 Å². The highest BCUT2D eigenvalue weighted by atomic mass is 32.2. The van der Waals surface area contributed by atoms with Gasteiger partial charge in [-0.1, -0.05) is 42.4 Å². The van der Waals surface area contributed by atoms with Crippen LogP contribution in [0.25, 0.3) is 0 Å². The number of nitrogens with one attached hydrogen (secondary N) is 1. The summed E-state index contributed by atoms with van der Waals surface area (Å²) in [6.07, 6.45) is 2.98. The lowest BCUT2D eigenvalue weighted by Crippen LogP contribution is -2.25. The summed E-state index contributed by atoms with van der Waals surface area (Å²) in [6.45, 7) is 5.06. The van der Waals surface area contributed by atoms with E-state index in [-0.39, 0.29) is 6.09 Å². The molecule has 0 saturated carbocycles. The Bertz CT molecular complexity index is 629. The number of pyridine rings is 1. The van der Waals surface area contributed by atoms with E-state index in [4.69, 9.17) is 4.74 Å². The fourth-order valence-corrected chi connectivity index (χ4v) is 2.87. The summed E-state index contributed by atoms with van der Waals surface area (Å²) in [7, 11) is 0. The predicted octanol–water partition coefficient (Wildman–Crippen LogP) is 4.22. The van der Waals surface area contributed by atoms with Gasteiger partial charge in [0.25, 0.3) is 0 Å². The van der Waals surface area contributed by atoms with Gasteiger partial charge in [-0.15, -0.1) is 0 Å². The second kappa shape index (κ2) is 9.20. The first kappa shape index (κ1) is 17.3. The number of hydrogen-bond acceptors (Lipinski definition) is 4. The van der Waals surface area contributed by atoms with E-state index in [1.165, 1.54) is 5.56 Å². The zero-order chi connectivity index (χ0) is 16.5. The lowest BCUT2D eigenvalue weighted by Gasteiger charge is -2.09. The molecule has 1 N–H and O–H groups in total. The van der Waals surface area contributed by atoms with Crippen molar-refractivity contribution in [2.75, 3.05) is 13.2 Å². The van der Waals surface area contributed by atoms with Crippen LogP contribution >= 0.6 is 11.8 Å². The molecule has 1 heterocycles. The van der Waals surface area contributed by atoms with Crippen LogP contribution in [0.5, 0.6) is 0 Å². The molecule has 0 aliphatic carbocycles. The van der Waals surface area contributed by atoms with Crippen LogP contribution in [0.3, 0.4) is 0 Å². The summed E-state index contributed by atoms with van der Waals surface area (Å²) in [6, 6.07) is 12.3. The Kier molecular flexibility index (Phi) is 6.94. The molecule has 5 heteroatoms. The third kappa shape index (κ3) is 5.94. The summed E-state index contributed by atoms with van der Waals surface area (Å²) in [5.41, 5.74) is 2.32. The molecule has 0 atom stereocenters. The average Bonchev–Trinajstić information content (AvgIpc) is 2.56. The summed E-state index contributed by atoms with van der Waals surface area (Å²) < 4.78 is 5.18. The van der Waals surface area contributed by atoms with E-state index in [0.29, 0.717) is 19.6 Å². The Morgan fingerprint density at radius 3 is 2.78 bits per heavy atom. The number of amides is 1. The standard InChI is InChI=1S/C18H22N2O2S/c1-3-11-20-18(21)22-13-10-15-5-4-12-19-17(15)23-16-8-6-14(2)7-9-16/h4-9,12H,3,10-11,13H2,1-2H3,(H,20,21). The van der Waals surface area contributed by atoms with Crippen LogP contribution in [0.15, 0.2) is 52.5 Å².